The fourth-order valence-corrected chi connectivity index (χ4v) is 1.27. The lowest BCUT2D eigenvalue weighted by molar-refractivity contribution is -0.141. The molecule has 0 saturated heterocycles. The van der Waals surface area contributed by atoms with E-state index in [0.29, 0.717) is 6.42 Å². The Morgan fingerprint density at radius 3 is 2.55 bits per heavy atom. The highest BCUT2D eigenvalue weighted by atomic mass is 16.5. The standard InChI is InChI=1S/C8H12O3/c1-5(9)7-3-6(7)4-8(10)11-2/h6-7H,3-4H2,1-2H3/t6-,7-/m1/s1. The topological polar surface area (TPSA) is 43.4 Å². The average molecular weight is 156 g/mol. The molecule has 0 amide bonds. The second-order valence-electron chi connectivity index (χ2n) is 2.99. The van der Waals surface area contributed by atoms with E-state index in [0.717, 1.165) is 6.42 Å². The van der Waals surface area contributed by atoms with Gasteiger partial charge in [-0.05, 0) is 19.3 Å². The van der Waals surface area contributed by atoms with Crippen molar-refractivity contribution in [3.8, 4) is 0 Å². The van der Waals surface area contributed by atoms with E-state index in [9.17, 15) is 9.59 Å². The van der Waals surface area contributed by atoms with Gasteiger partial charge in [-0.1, -0.05) is 0 Å². The van der Waals surface area contributed by atoms with Crippen molar-refractivity contribution in [1.82, 2.24) is 0 Å². The first-order valence-electron chi connectivity index (χ1n) is 3.72. The fourth-order valence-electron chi connectivity index (χ4n) is 1.27. The lowest BCUT2D eigenvalue weighted by Gasteiger charge is -1.95. The lowest BCUT2D eigenvalue weighted by atomic mass is 10.2. The van der Waals surface area contributed by atoms with Gasteiger partial charge in [0, 0.05) is 12.3 Å². The molecule has 1 aliphatic carbocycles. The summed E-state index contributed by atoms with van der Waals surface area (Å²) in [7, 11) is 1.37. The monoisotopic (exact) mass is 156 g/mol. The van der Waals surface area contributed by atoms with Crippen LogP contribution >= 0.6 is 0 Å². The van der Waals surface area contributed by atoms with Crippen LogP contribution in [-0.2, 0) is 14.3 Å². The molecule has 1 rings (SSSR count). The number of rotatable bonds is 3. The minimum Gasteiger partial charge on any atom is -0.469 e. The first kappa shape index (κ1) is 8.24. The third-order valence-corrected chi connectivity index (χ3v) is 2.10. The first-order chi connectivity index (χ1) is 5.15. The Bertz CT molecular complexity index is 186. The van der Waals surface area contributed by atoms with E-state index in [2.05, 4.69) is 4.74 Å². The van der Waals surface area contributed by atoms with Crippen molar-refractivity contribution in [2.75, 3.05) is 7.11 Å². The van der Waals surface area contributed by atoms with Crippen LogP contribution in [0.1, 0.15) is 19.8 Å². The highest BCUT2D eigenvalue weighted by Gasteiger charge is 2.41. The molecular weight excluding hydrogens is 144 g/mol. The number of carbonyl (C=O) groups excluding carboxylic acids is 2. The number of ether oxygens (including phenoxy) is 1. The van der Waals surface area contributed by atoms with Crippen molar-refractivity contribution >= 4 is 11.8 Å². The fraction of sp³-hybridized carbons (Fsp3) is 0.750. The van der Waals surface area contributed by atoms with Gasteiger partial charge in [-0.3, -0.25) is 9.59 Å². The third kappa shape index (κ3) is 2.03. The summed E-state index contributed by atoms with van der Waals surface area (Å²) in [6.45, 7) is 1.57. The number of esters is 1. The largest absolute Gasteiger partial charge is 0.469 e. The highest BCUT2D eigenvalue weighted by Crippen LogP contribution is 2.41. The van der Waals surface area contributed by atoms with Crippen molar-refractivity contribution in [1.29, 1.82) is 0 Å². The zero-order valence-corrected chi connectivity index (χ0v) is 6.79. The van der Waals surface area contributed by atoms with E-state index in [1.165, 1.54) is 7.11 Å². The van der Waals surface area contributed by atoms with Crippen LogP contribution in [0.2, 0.25) is 0 Å². The molecule has 0 aliphatic heterocycles. The molecular formula is C8H12O3. The molecule has 1 saturated carbocycles. The number of carbonyl (C=O) groups is 2. The van der Waals surface area contributed by atoms with E-state index < -0.39 is 0 Å². The molecule has 0 N–H and O–H groups in total. The predicted octanol–water partition coefficient (Wildman–Crippen LogP) is 0.775. The van der Waals surface area contributed by atoms with Gasteiger partial charge in [0.25, 0.3) is 0 Å². The summed E-state index contributed by atoms with van der Waals surface area (Å²) in [6, 6.07) is 0. The normalized spacial score (nSPS) is 27.8. The molecule has 3 nitrogen and oxygen atoms in total. The zero-order valence-electron chi connectivity index (χ0n) is 6.79. The van der Waals surface area contributed by atoms with E-state index >= 15 is 0 Å². The zero-order chi connectivity index (χ0) is 8.43. The lowest BCUT2D eigenvalue weighted by Crippen LogP contribution is -2.03. The van der Waals surface area contributed by atoms with Gasteiger partial charge in [0.2, 0.25) is 0 Å². The Hall–Kier alpha value is -0.860. The minimum absolute atomic E-state index is 0.133. The number of Topliss-reactive ketones (excluding diaryl/α,β-unsaturated/α-hetero) is 1. The minimum atomic E-state index is -0.209. The Labute approximate surface area is 65.7 Å². The molecule has 0 radical (unpaired) electrons. The molecule has 0 heterocycles. The molecule has 0 bridgehead atoms. The van der Waals surface area contributed by atoms with Gasteiger partial charge in [-0.25, -0.2) is 0 Å². The summed E-state index contributed by atoms with van der Waals surface area (Å²) in [5.74, 6) is 0.381. The molecule has 0 aromatic carbocycles. The number of hydrogen-bond acceptors (Lipinski definition) is 3. The van der Waals surface area contributed by atoms with Gasteiger partial charge in [0.15, 0.2) is 0 Å². The van der Waals surface area contributed by atoms with Crippen molar-refractivity contribution in [3.63, 3.8) is 0 Å². The molecule has 2 atom stereocenters. The van der Waals surface area contributed by atoms with E-state index in [1.54, 1.807) is 6.92 Å². The molecule has 3 heteroatoms. The maximum Gasteiger partial charge on any atom is 0.305 e. The first-order valence-corrected chi connectivity index (χ1v) is 3.72. The molecule has 62 valence electrons. The number of methoxy groups -OCH3 is 1. The summed E-state index contributed by atoms with van der Waals surface area (Å²) in [5, 5.41) is 0. The van der Waals surface area contributed by atoms with E-state index in [4.69, 9.17) is 0 Å². The van der Waals surface area contributed by atoms with Gasteiger partial charge in [-0.2, -0.15) is 0 Å². The van der Waals surface area contributed by atoms with Crippen LogP contribution in [0.25, 0.3) is 0 Å². The molecule has 1 fully saturated rings. The van der Waals surface area contributed by atoms with Gasteiger partial charge < -0.3 is 4.74 Å². The van der Waals surface area contributed by atoms with Crippen molar-refractivity contribution in [2.45, 2.75) is 19.8 Å². The number of ketones is 1. The second-order valence-corrected chi connectivity index (χ2v) is 2.99. The van der Waals surface area contributed by atoms with Crippen molar-refractivity contribution < 1.29 is 14.3 Å². The molecule has 11 heavy (non-hydrogen) atoms. The van der Waals surface area contributed by atoms with Crippen molar-refractivity contribution in [2.24, 2.45) is 11.8 Å². The summed E-state index contributed by atoms with van der Waals surface area (Å²) >= 11 is 0. The maximum absolute atomic E-state index is 10.7. The highest BCUT2D eigenvalue weighted by molar-refractivity contribution is 5.82. The van der Waals surface area contributed by atoms with Crippen LogP contribution in [0.5, 0.6) is 0 Å². The maximum atomic E-state index is 10.7. The van der Waals surface area contributed by atoms with Crippen LogP contribution in [-0.4, -0.2) is 18.9 Å². The quantitative estimate of drug-likeness (QED) is 0.567. The van der Waals surface area contributed by atoms with Gasteiger partial charge >= 0.3 is 5.97 Å². The van der Waals surface area contributed by atoms with Crippen LogP contribution in [0, 0.1) is 11.8 Å². The summed E-state index contributed by atoms with van der Waals surface area (Å²) < 4.78 is 4.48. The van der Waals surface area contributed by atoms with Crippen LogP contribution < -0.4 is 0 Å². The summed E-state index contributed by atoms with van der Waals surface area (Å²) in [4.78, 5) is 21.4. The molecule has 0 aromatic heterocycles. The van der Waals surface area contributed by atoms with Gasteiger partial charge in [0.05, 0.1) is 7.11 Å². The Balaban J connectivity index is 2.23. The third-order valence-electron chi connectivity index (χ3n) is 2.10. The smallest absolute Gasteiger partial charge is 0.305 e. The SMILES string of the molecule is COC(=O)C[C@H]1C[C@@H]1C(C)=O. The Morgan fingerprint density at radius 2 is 2.18 bits per heavy atom. The Kier molecular flexibility index (Phi) is 2.27. The van der Waals surface area contributed by atoms with Crippen LogP contribution in [0.3, 0.4) is 0 Å². The van der Waals surface area contributed by atoms with E-state index in [1.807, 2.05) is 0 Å². The number of hydrogen-bond donors (Lipinski definition) is 0. The average Bonchev–Trinajstić information content (AvgIpc) is 2.67. The van der Waals surface area contributed by atoms with Crippen molar-refractivity contribution in [3.05, 3.63) is 0 Å². The van der Waals surface area contributed by atoms with Crippen LogP contribution in [0.4, 0.5) is 0 Å². The molecule has 0 spiro atoms. The van der Waals surface area contributed by atoms with E-state index in [-0.39, 0.29) is 23.6 Å². The summed E-state index contributed by atoms with van der Waals surface area (Å²) in [5.41, 5.74) is 0. The molecule has 0 aromatic rings. The van der Waals surface area contributed by atoms with Crippen LogP contribution in [0.15, 0.2) is 0 Å². The van der Waals surface area contributed by atoms with Gasteiger partial charge in [-0.15, -0.1) is 0 Å². The predicted molar refractivity (Wildman–Crippen MR) is 38.9 cm³/mol. The van der Waals surface area contributed by atoms with Gasteiger partial charge in [0.1, 0.15) is 5.78 Å². The Morgan fingerprint density at radius 1 is 1.55 bits per heavy atom. The molecule has 0 unspecified atom stereocenters. The second kappa shape index (κ2) is 3.03. The molecule has 1 aliphatic rings. The summed E-state index contributed by atoms with van der Waals surface area (Å²) in [6.07, 6.45) is 1.27.